The summed E-state index contributed by atoms with van der Waals surface area (Å²) in [5, 5.41) is 0. The first-order chi connectivity index (χ1) is 8.26. The van der Waals surface area contributed by atoms with Crippen LogP contribution < -0.4 is 0 Å². The second-order valence-electron chi connectivity index (χ2n) is 4.75. The minimum absolute atomic E-state index is 0.0421. The number of pyridine rings is 1. The fourth-order valence-corrected chi connectivity index (χ4v) is 2.49. The highest BCUT2D eigenvalue weighted by atomic mass is 16.5. The van der Waals surface area contributed by atoms with E-state index < -0.39 is 0 Å². The summed E-state index contributed by atoms with van der Waals surface area (Å²) in [6, 6.07) is 4.15. The molecule has 3 nitrogen and oxygen atoms in total. The third-order valence-corrected chi connectivity index (χ3v) is 3.68. The molecule has 0 radical (unpaired) electrons. The van der Waals surface area contributed by atoms with Crippen LogP contribution in [0.4, 0.5) is 0 Å². The molecule has 0 spiro atoms. The van der Waals surface area contributed by atoms with Crippen molar-refractivity contribution in [3.8, 4) is 0 Å². The molecule has 1 heterocycles. The summed E-state index contributed by atoms with van der Waals surface area (Å²) in [5.41, 5.74) is 1.33. The zero-order valence-corrected chi connectivity index (χ0v) is 10.4. The number of nitrogens with zero attached hydrogens (tertiary/aromatic N) is 1. The lowest BCUT2D eigenvalue weighted by Crippen LogP contribution is -2.06. The van der Waals surface area contributed by atoms with Crippen LogP contribution in [-0.4, -0.2) is 18.1 Å². The van der Waals surface area contributed by atoms with Crippen LogP contribution in [0.3, 0.4) is 0 Å². The topological polar surface area (TPSA) is 39.2 Å². The zero-order chi connectivity index (χ0) is 12.3. The first-order valence-corrected chi connectivity index (χ1v) is 6.24. The van der Waals surface area contributed by atoms with E-state index in [1.54, 1.807) is 0 Å². The van der Waals surface area contributed by atoms with Crippen molar-refractivity contribution in [2.45, 2.75) is 32.1 Å². The van der Waals surface area contributed by atoms with Crippen molar-refractivity contribution >= 4 is 5.97 Å². The second kappa shape index (κ2) is 5.30. The number of aromatic nitrogens is 1. The van der Waals surface area contributed by atoms with Gasteiger partial charge in [-0.2, -0.15) is 0 Å². The highest BCUT2D eigenvalue weighted by Gasteiger charge is 2.44. The molecule has 3 heteroatoms. The molecule has 3 unspecified atom stereocenters. The maximum atomic E-state index is 11.4. The average molecular weight is 233 g/mol. The Balaban J connectivity index is 1.92. The van der Waals surface area contributed by atoms with Crippen molar-refractivity contribution in [3.63, 3.8) is 0 Å². The van der Waals surface area contributed by atoms with Gasteiger partial charge in [-0.25, -0.2) is 0 Å². The molecular formula is C14H19NO2. The minimum atomic E-state index is -0.0421. The molecule has 3 atom stereocenters. The summed E-state index contributed by atoms with van der Waals surface area (Å²) < 4.78 is 4.78. The van der Waals surface area contributed by atoms with Gasteiger partial charge in [-0.15, -0.1) is 0 Å². The highest BCUT2D eigenvalue weighted by molar-refractivity contribution is 5.75. The number of hydrogen-bond acceptors (Lipinski definition) is 3. The first-order valence-electron chi connectivity index (χ1n) is 6.24. The second-order valence-corrected chi connectivity index (χ2v) is 4.75. The van der Waals surface area contributed by atoms with Gasteiger partial charge in [0.1, 0.15) is 0 Å². The molecule has 92 valence electrons. The molecule has 2 rings (SSSR count). The van der Waals surface area contributed by atoms with Gasteiger partial charge in [0.05, 0.1) is 13.0 Å². The van der Waals surface area contributed by atoms with Gasteiger partial charge in [0, 0.05) is 12.4 Å². The van der Waals surface area contributed by atoms with Gasteiger partial charge in [-0.3, -0.25) is 9.78 Å². The predicted octanol–water partition coefficient (Wildman–Crippen LogP) is 2.77. The Hall–Kier alpha value is -1.38. The zero-order valence-electron chi connectivity index (χ0n) is 10.4. The third kappa shape index (κ3) is 2.84. The van der Waals surface area contributed by atoms with E-state index in [-0.39, 0.29) is 11.9 Å². The summed E-state index contributed by atoms with van der Waals surface area (Å²) in [5.74, 6) is 1.16. The number of hydrogen-bond donors (Lipinski definition) is 0. The molecule has 0 saturated heterocycles. The molecule has 0 aromatic carbocycles. The molecule has 1 aromatic heterocycles. The fourth-order valence-electron chi connectivity index (χ4n) is 2.49. The molecule has 0 amide bonds. The van der Waals surface area contributed by atoms with E-state index in [4.69, 9.17) is 4.74 Å². The van der Waals surface area contributed by atoms with Gasteiger partial charge in [-0.05, 0) is 48.8 Å². The largest absolute Gasteiger partial charge is 0.469 e. The van der Waals surface area contributed by atoms with Crippen LogP contribution in [-0.2, 0) is 9.53 Å². The summed E-state index contributed by atoms with van der Waals surface area (Å²) >= 11 is 0. The van der Waals surface area contributed by atoms with Crippen LogP contribution in [0.25, 0.3) is 0 Å². The average Bonchev–Trinajstić information content (AvgIpc) is 3.15. The maximum absolute atomic E-state index is 11.4. The molecule has 17 heavy (non-hydrogen) atoms. The molecule has 1 aliphatic rings. The maximum Gasteiger partial charge on any atom is 0.308 e. The standard InChI is InChI=1S/C14H19NO2/c1-3-10(11-4-6-15-7-5-11)8-12-9-13(12)14(16)17-2/h4-7,10,12-13H,3,8-9H2,1-2H3. The molecule has 1 aromatic rings. The molecular weight excluding hydrogens is 214 g/mol. The fraction of sp³-hybridized carbons (Fsp3) is 0.571. The van der Waals surface area contributed by atoms with Crippen LogP contribution in [0.15, 0.2) is 24.5 Å². The van der Waals surface area contributed by atoms with E-state index in [1.165, 1.54) is 12.7 Å². The molecule has 0 N–H and O–H groups in total. The van der Waals surface area contributed by atoms with Crippen LogP contribution in [0, 0.1) is 11.8 Å². The van der Waals surface area contributed by atoms with E-state index >= 15 is 0 Å². The Morgan fingerprint density at radius 3 is 2.82 bits per heavy atom. The van der Waals surface area contributed by atoms with Gasteiger partial charge in [0.2, 0.25) is 0 Å². The van der Waals surface area contributed by atoms with Crippen molar-refractivity contribution in [1.82, 2.24) is 4.98 Å². The highest BCUT2D eigenvalue weighted by Crippen LogP contribution is 2.46. The lowest BCUT2D eigenvalue weighted by atomic mass is 9.91. The normalized spacial score (nSPS) is 24.1. The Labute approximate surface area is 102 Å². The Morgan fingerprint density at radius 1 is 1.53 bits per heavy atom. The van der Waals surface area contributed by atoms with E-state index in [2.05, 4.69) is 24.0 Å². The predicted molar refractivity (Wildman–Crippen MR) is 65.5 cm³/mol. The van der Waals surface area contributed by atoms with E-state index in [0.717, 1.165) is 19.3 Å². The van der Waals surface area contributed by atoms with E-state index in [1.807, 2.05) is 12.4 Å². The quantitative estimate of drug-likeness (QED) is 0.734. The smallest absolute Gasteiger partial charge is 0.308 e. The van der Waals surface area contributed by atoms with Gasteiger partial charge >= 0.3 is 5.97 Å². The number of carbonyl (C=O) groups is 1. The van der Waals surface area contributed by atoms with Crippen molar-refractivity contribution in [3.05, 3.63) is 30.1 Å². The summed E-state index contributed by atoms with van der Waals surface area (Å²) in [6.07, 6.45) is 6.86. The summed E-state index contributed by atoms with van der Waals surface area (Å²) in [4.78, 5) is 15.4. The third-order valence-electron chi connectivity index (χ3n) is 3.68. The molecule has 1 aliphatic carbocycles. The minimum Gasteiger partial charge on any atom is -0.469 e. The van der Waals surface area contributed by atoms with Gasteiger partial charge in [-0.1, -0.05) is 6.92 Å². The first kappa shape index (κ1) is 12.1. The number of ether oxygens (including phenoxy) is 1. The van der Waals surface area contributed by atoms with Gasteiger partial charge in [0.15, 0.2) is 0 Å². The molecule has 0 aliphatic heterocycles. The molecule has 1 saturated carbocycles. The van der Waals surface area contributed by atoms with E-state index in [0.29, 0.717) is 11.8 Å². The molecule has 1 fully saturated rings. The van der Waals surface area contributed by atoms with Crippen LogP contribution >= 0.6 is 0 Å². The van der Waals surface area contributed by atoms with Crippen molar-refractivity contribution < 1.29 is 9.53 Å². The summed E-state index contributed by atoms with van der Waals surface area (Å²) in [7, 11) is 1.47. The monoisotopic (exact) mass is 233 g/mol. The SMILES string of the molecule is CCC(CC1CC1C(=O)OC)c1ccncc1. The van der Waals surface area contributed by atoms with Crippen molar-refractivity contribution in [1.29, 1.82) is 0 Å². The van der Waals surface area contributed by atoms with Crippen molar-refractivity contribution in [2.24, 2.45) is 11.8 Å². The van der Waals surface area contributed by atoms with E-state index in [9.17, 15) is 4.79 Å². The number of rotatable bonds is 5. The van der Waals surface area contributed by atoms with Gasteiger partial charge in [0.25, 0.3) is 0 Å². The molecule has 0 bridgehead atoms. The van der Waals surface area contributed by atoms with Crippen LogP contribution in [0.5, 0.6) is 0 Å². The van der Waals surface area contributed by atoms with Gasteiger partial charge < -0.3 is 4.74 Å². The van der Waals surface area contributed by atoms with Crippen LogP contribution in [0.2, 0.25) is 0 Å². The number of carbonyl (C=O) groups excluding carboxylic acids is 1. The van der Waals surface area contributed by atoms with Crippen molar-refractivity contribution in [2.75, 3.05) is 7.11 Å². The van der Waals surface area contributed by atoms with Crippen LogP contribution in [0.1, 0.15) is 37.7 Å². The Morgan fingerprint density at radius 2 is 2.24 bits per heavy atom. The Kier molecular flexibility index (Phi) is 3.77. The summed E-state index contributed by atoms with van der Waals surface area (Å²) in [6.45, 7) is 2.20. The Bertz CT molecular complexity index is 377. The lowest BCUT2D eigenvalue weighted by molar-refractivity contribution is -0.142. The number of methoxy groups -OCH3 is 1. The number of esters is 1. The lowest BCUT2D eigenvalue weighted by Gasteiger charge is -2.14.